The quantitative estimate of drug-likeness (QED) is 0.422. The molecular formula is C17H25F2IN4O. The van der Waals surface area contributed by atoms with Crippen molar-refractivity contribution in [1.29, 1.82) is 0 Å². The van der Waals surface area contributed by atoms with Crippen LogP contribution in [0, 0.1) is 11.6 Å². The van der Waals surface area contributed by atoms with Crippen LogP contribution in [0.2, 0.25) is 0 Å². The Kier molecular flexibility index (Phi) is 7.67. The number of nitrogens with one attached hydrogen (secondary N) is 1. The number of benzene rings is 1. The lowest BCUT2D eigenvalue weighted by molar-refractivity contribution is 0.113. The first-order valence-electron chi connectivity index (χ1n) is 8.44. The van der Waals surface area contributed by atoms with E-state index in [1.807, 2.05) is 4.90 Å². The summed E-state index contributed by atoms with van der Waals surface area (Å²) in [6, 6.07) is 3.58. The van der Waals surface area contributed by atoms with Gasteiger partial charge >= 0.3 is 0 Å². The van der Waals surface area contributed by atoms with Gasteiger partial charge in [-0.25, -0.2) is 8.78 Å². The monoisotopic (exact) mass is 466 g/mol. The average molecular weight is 466 g/mol. The first kappa shape index (κ1) is 20.2. The van der Waals surface area contributed by atoms with Gasteiger partial charge in [0.05, 0.1) is 11.8 Å². The lowest BCUT2D eigenvalue weighted by atomic mass is 10.2. The fraction of sp³-hybridized carbons (Fsp3) is 0.588. The lowest BCUT2D eigenvalue weighted by Gasteiger charge is -2.38. The first-order valence-corrected chi connectivity index (χ1v) is 8.44. The van der Waals surface area contributed by atoms with E-state index in [1.54, 1.807) is 7.05 Å². The molecular weight excluding hydrogens is 441 g/mol. The third-order valence-electron chi connectivity index (χ3n) is 4.55. The third kappa shape index (κ3) is 5.16. The van der Waals surface area contributed by atoms with Crippen LogP contribution in [0.25, 0.3) is 0 Å². The molecule has 0 radical (unpaired) electrons. The molecule has 2 fully saturated rings. The van der Waals surface area contributed by atoms with Gasteiger partial charge in [0.25, 0.3) is 0 Å². The molecule has 2 heterocycles. The van der Waals surface area contributed by atoms with Crippen LogP contribution in [0.3, 0.4) is 0 Å². The highest BCUT2D eigenvalue weighted by Gasteiger charge is 2.23. The van der Waals surface area contributed by atoms with Gasteiger partial charge in [-0.15, -0.1) is 24.0 Å². The van der Waals surface area contributed by atoms with Gasteiger partial charge in [0, 0.05) is 52.4 Å². The molecule has 140 valence electrons. The number of rotatable bonds is 3. The van der Waals surface area contributed by atoms with Crippen LogP contribution in [-0.2, 0) is 4.74 Å². The number of guanidine groups is 1. The zero-order valence-corrected chi connectivity index (χ0v) is 16.7. The summed E-state index contributed by atoms with van der Waals surface area (Å²) < 4.78 is 32.9. The summed E-state index contributed by atoms with van der Waals surface area (Å²) in [6.45, 7) is 4.26. The SMILES string of the molecule is CN=C(NCC1CCCO1)N1CCN(c2cc(F)ccc2F)CC1.I. The smallest absolute Gasteiger partial charge is 0.193 e. The fourth-order valence-corrected chi connectivity index (χ4v) is 3.23. The van der Waals surface area contributed by atoms with Crippen LogP contribution < -0.4 is 10.2 Å². The fourth-order valence-electron chi connectivity index (χ4n) is 3.23. The molecule has 1 aromatic carbocycles. The van der Waals surface area contributed by atoms with Crippen LogP contribution in [0.4, 0.5) is 14.5 Å². The molecule has 25 heavy (non-hydrogen) atoms. The molecule has 1 aromatic rings. The van der Waals surface area contributed by atoms with Crippen molar-refractivity contribution in [3.05, 3.63) is 29.8 Å². The van der Waals surface area contributed by atoms with E-state index < -0.39 is 5.82 Å². The summed E-state index contributed by atoms with van der Waals surface area (Å²) in [5.74, 6) is 0.0403. The van der Waals surface area contributed by atoms with Crippen molar-refractivity contribution in [2.75, 3.05) is 51.3 Å². The second-order valence-corrected chi connectivity index (χ2v) is 6.13. The predicted octanol–water partition coefficient (Wildman–Crippen LogP) is 2.46. The molecule has 2 saturated heterocycles. The molecule has 2 aliphatic heterocycles. The van der Waals surface area contributed by atoms with E-state index in [2.05, 4.69) is 15.2 Å². The molecule has 0 amide bonds. The maximum Gasteiger partial charge on any atom is 0.193 e. The van der Waals surface area contributed by atoms with Crippen LogP contribution in [0.1, 0.15) is 12.8 Å². The van der Waals surface area contributed by atoms with Gasteiger partial charge in [-0.3, -0.25) is 4.99 Å². The molecule has 0 aromatic heterocycles. The summed E-state index contributed by atoms with van der Waals surface area (Å²) in [4.78, 5) is 8.34. The topological polar surface area (TPSA) is 40.1 Å². The van der Waals surface area contributed by atoms with Gasteiger partial charge < -0.3 is 19.9 Å². The van der Waals surface area contributed by atoms with Crippen molar-refractivity contribution in [3.8, 4) is 0 Å². The Hall–Kier alpha value is -1.16. The summed E-state index contributed by atoms with van der Waals surface area (Å²) in [5, 5.41) is 3.35. The summed E-state index contributed by atoms with van der Waals surface area (Å²) >= 11 is 0. The van der Waals surface area contributed by atoms with Crippen LogP contribution >= 0.6 is 24.0 Å². The molecule has 1 N–H and O–H groups in total. The number of halogens is 3. The average Bonchev–Trinajstić information content (AvgIpc) is 3.12. The van der Waals surface area contributed by atoms with Crippen molar-refractivity contribution in [3.63, 3.8) is 0 Å². The van der Waals surface area contributed by atoms with E-state index in [4.69, 9.17) is 4.74 Å². The molecule has 8 heteroatoms. The maximum atomic E-state index is 13.9. The minimum absolute atomic E-state index is 0. The maximum absolute atomic E-state index is 13.9. The number of aliphatic imine (C=N–C) groups is 1. The summed E-state index contributed by atoms with van der Waals surface area (Å²) in [5.41, 5.74) is 0.331. The van der Waals surface area contributed by atoms with Crippen LogP contribution in [0.15, 0.2) is 23.2 Å². The van der Waals surface area contributed by atoms with Crippen molar-refractivity contribution in [1.82, 2.24) is 10.2 Å². The highest BCUT2D eigenvalue weighted by molar-refractivity contribution is 14.0. The lowest BCUT2D eigenvalue weighted by Crippen LogP contribution is -2.53. The second-order valence-electron chi connectivity index (χ2n) is 6.13. The zero-order chi connectivity index (χ0) is 16.9. The van der Waals surface area contributed by atoms with E-state index in [0.29, 0.717) is 31.9 Å². The van der Waals surface area contributed by atoms with Crippen LogP contribution in [0.5, 0.6) is 0 Å². The van der Waals surface area contributed by atoms with E-state index >= 15 is 0 Å². The third-order valence-corrected chi connectivity index (χ3v) is 4.55. The molecule has 3 rings (SSSR count). The first-order chi connectivity index (χ1) is 11.7. The van der Waals surface area contributed by atoms with Crippen molar-refractivity contribution in [2.45, 2.75) is 18.9 Å². The molecule has 2 aliphatic rings. The van der Waals surface area contributed by atoms with Gasteiger partial charge in [0.1, 0.15) is 11.6 Å². The van der Waals surface area contributed by atoms with Gasteiger partial charge in [-0.2, -0.15) is 0 Å². The van der Waals surface area contributed by atoms with Crippen LogP contribution in [-0.4, -0.2) is 63.3 Å². The minimum Gasteiger partial charge on any atom is -0.376 e. The van der Waals surface area contributed by atoms with E-state index in [-0.39, 0.29) is 35.9 Å². The van der Waals surface area contributed by atoms with Crippen molar-refractivity contribution in [2.24, 2.45) is 4.99 Å². The van der Waals surface area contributed by atoms with Crippen molar-refractivity contribution >= 4 is 35.6 Å². The van der Waals surface area contributed by atoms with Crippen molar-refractivity contribution < 1.29 is 13.5 Å². The van der Waals surface area contributed by atoms with Gasteiger partial charge in [0.2, 0.25) is 0 Å². The van der Waals surface area contributed by atoms with E-state index in [1.165, 1.54) is 12.1 Å². The summed E-state index contributed by atoms with van der Waals surface area (Å²) in [7, 11) is 1.76. The normalized spacial score (nSPS) is 21.2. The highest BCUT2D eigenvalue weighted by atomic mass is 127. The number of piperazine rings is 1. The van der Waals surface area contributed by atoms with Gasteiger partial charge in [-0.05, 0) is 25.0 Å². The van der Waals surface area contributed by atoms with E-state index in [9.17, 15) is 8.78 Å². The Morgan fingerprint density at radius 3 is 2.68 bits per heavy atom. The number of hydrogen-bond donors (Lipinski definition) is 1. The molecule has 0 aliphatic carbocycles. The summed E-state index contributed by atoms with van der Waals surface area (Å²) in [6.07, 6.45) is 2.45. The second kappa shape index (κ2) is 9.51. The minimum atomic E-state index is -0.414. The molecule has 0 bridgehead atoms. The molecule has 1 unspecified atom stereocenters. The Morgan fingerprint density at radius 2 is 2.04 bits per heavy atom. The predicted molar refractivity (Wildman–Crippen MR) is 106 cm³/mol. The van der Waals surface area contributed by atoms with Gasteiger partial charge in [0.15, 0.2) is 5.96 Å². The highest BCUT2D eigenvalue weighted by Crippen LogP contribution is 2.22. The van der Waals surface area contributed by atoms with Gasteiger partial charge in [-0.1, -0.05) is 0 Å². The Morgan fingerprint density at radius 1 is 1.28 bits per heavy atom. The Bertz CT molecular complexity index is 588. The Balaban J connectivity index is 0.00000225. The number of ether oxygens (including phenoxy) is 1. The Labute approximate surface area is 164 Å². The standard InChI is InChI=1S/C17H24F2N4O.HI/c1-20-17(21-12-14-3-2-10-24-14)23-8-6-22(7-9-23)16-11-13(18)4-5-15(16)19;/h4-5,11,14H,2-3,6-10,12H2,1H3,(H,20,21);1H. The molecule has 5 nitrogen and oxygen atoms in total. The number of hydrogen-bond acceptors (Lipinski definition) is 3. The number of nitrogens with zero attached hydrogens (tertiary/aromatic N) is 3. The molecule has 1 atom stereocenters. The largest absolute Gasteiger partial charge is 0.376 e. The van der Waals surface area contributed by atoms with E-state index in [0.717, 1.165) is 38.0 Å². The number of anilines is 1. The molecule has 0 saturated carbocycles. The zero-order valence-electron chi connectivity index (χ0n) is 14.4. The molecule has 0 spiro atoms.